The molecule has 0 aliphatic heterocycles. The van der Waals surface area contributed by atoms with Crippen LogP contribution < -0.4 is 24.8 Å². The van der Waals surface area contributed by atoms with Crippen LogP contribution in [0.25, 0.3) is 0 Å². The normalized spacial score (nSPS) is 10.0. The Balaban J connectivity index is 1.90. The molecule has 2 aromatic carbocycles. The number of anilines is 1. The van der Waals surface area contributed by atoms with Gasteiger partial charge in [0, 0.05) is 12.2 Å². The summed E-state index contributed by atoms with van der Waals surface area (Å²) in [5.74, 6) is 2.30. The smallest absolute Gasteiger partial charge is 0.171 e. The Kier molecular flexibility index (Phi) is 7.35. The Morgan fingerprint density at radius 2 is 1.68 bits per heavy atom. The minimum atomic E-state index is 0.554. The van der Waals surface area contributed by atoms with Gasteiger partial charge in [-0.25, -0.2) is 0 Å². The minimum Gasteiger partial charge on any atom is -0.494 e. The SMILES string of the molecule is CCOc1ccc(NC(=S)NCc2ccc(OC)c(OCC)c2)cc1. The Labute approximate surface area is 154 Å². The molecule has 0 aliphatic rings. The molecule has 0 heterocycles. The van der Waals surface area contributed by atoms with E-state index in [1.54, 1.807) is 7.11 Å². The molecule has 2 N–H and O–H groups in total. The Bertz CT molecular complexity index is 690. The van der Waals surface area contributed by atoms with Gasteiger partial charge in [0.05, 0.1) is 20.3 Å². The fraction of sp³-hybridized carbons (Fsp3) is 0.316. The third-order valence-electron chi connectivity index (χ3n) is 3.40. The third kappa shape index (κ3) is 5.83. The molecule has 0 saturated heterocycles. The van der Waals surface area contributed by atoms with E-state index in [1.165, 1.54) is 0 Å². The minimum absolute atomic E-state index is 0.554. The molecule has 0 spiro atoms. The van der Waals surface area contributed by atoms with Gasteiger partial charge in [0.25, 0.3) is 0 Å². The monoisotopic (exact) mass is 360 g/mol. The molecule has 0 atom stereocenters. The van der Waals surface area contributed by atoms with Gasteiger partial charge >= 0.3 is 0 Å². The lowest BCUT2D eigenvalue weighted by molar-refractivity contribution is 0.310. The van der Waals surface area contributed by atoms with Crippen molar-refractivity contribution < 1.29 is 14.2 Å². The van der Waals surface area contributed by atoms with Gasteiger partial charge in [0.15, 0.2) is 16.6 Å². The molecule has 0 aliphatic carbocycles. The number of thiocarbonyl (C=S) groups is 1. The van der Waals surface area contributed by atoms with E-state index < -0.39 is 0 Å². The third-order valence-corrected chi connectivity index (χ3v) is 3.65. The lowest BCUT2D eigenvalue weighted by Gasteiger charge is -2.13. The molecular weight excluding hydrogens is 336 g/mol. The highest BCUT2D eigenvalue weighted by Gasteiger charge is 2.06. The van der Waals surface area contributed by atoms with Crippen LogP contribution in [0, 0.1) is 0 Å². The van der Waals surface area contributed by atoms with Crippen molar-refractivity contribution in [3.05, 3.63) is 48.0 Å². The first-order chi connectivity index (χ1) is 12.2. The molecule has 0 bridgehead atoms. The zero-order chi connectivity index (χ0) is 18.1. The van der Waals surface area contributed by atoms with Crippen molar-refractivity contribution in [2.45, 2.75) is 20.4 Å². The zero-order valence-corrected chi connectivity index (χ0v) is 15.6. The van der Waals surface area contributed by atoms with Crippen molar-refractivity contribution >= 4 is 23.0 Å². The van der Waals surface area contributed by atoms with E-state index in [2.05, 4.69) is 10.6 Å². The molecule has 0 aromatic heterocycles. The van der Waals surface area contributed by atoms with Crippen LogP contribution in [0.1, 0.15) is 19.4 Å². The summed E-state index contributed by atoms with van der Waals surface area (Å²) in [4.78, 5) is 0. The number of benzene rings is 2. The van der Waals surface area contributed by atoms with Crippen molar-refractivity contribution in [2.75, 3.05) is 25.6 Å². The second-order valence-electron chi connectivity index (χ2n) is 5.18. The first kappa shape index (κ1) is 18.9. The number of nitrogens with one attached hydrogen (secondary N) is 2. The predicted molar refractivity (Wildman–Crippen MR) is 105 cm³/mol. The van der Waals surface area contributed by atoms with E-state index >= 15 is 0 Å². The molecule has 134 valence electrons. The lowest BCUT2D eigenvalue weighted by Crippen LogP contribution is -2.27. The number of methoxy groups -OCH3 is 1. The number of ether oxygens (including phenoxy) is 3. The summed E-state index contributed by atoms with van der Waals surface area (Å²) < 4.78 is 16.3. The highest BCUT2D eigenvalue weighted by Crippen LogP contribution is 2.28. The highest BCUT2D eigenvalue weighted by molar-refractivity contribution is 7.80. The van der Waals surface area contributed by atoms with Crippen molar-refractivity contribution in [3.8, 4) is 17.2 Å². The topological polar surface area (TPSA) is 51.8 Å². The summed E-state index contributed by atoms with van der Waals surface area (Å²) in [5, 5.41) is 6.89. The van der Waals surface area contributed by atoms with Crippen LogP contribution in [-0.4, -0.2) is 25.4 Å². The van der Waals surface area contributed by atoms with Crippen LogP contribution in [0.3, 0.4) is 0 Å². The van der Waals surface area contributed by atoms with Crippen molar-refractivity contribution in [2.24, 2.45) is 0 Å². The van der Waals surface area contributed by atoms with Crippen LogP contribution >= 0.6 is 12.2 Å². The average molecular weight is 360 g/mol. The maximum Gasteiger partial charge on any atom is 0.171 e. The molecule has 2 rings (SSSR count). The number of hydrogen-bond acceptors (Lipinski definition) is 4. The van der Waals surface area contributed by atoms with Gasteiger partial charge in [-0.05, 0) is 68.0 Å². The van der Waals surface area contributed by atoms with Crippen molar-refractivity contribution in [3.63, 3.8) is 0 Å². The fourth-order valence-corrected chi connectivity index (χ4v) is 2.45. The standard InChI is InChI=1S/C19H24N2O3S/c1-4-23-16-9-7-15(8-10-16)21-19(25)20-13-14-6-11-17(22-3)18(12-14)24-5-2/h6-12H,4-5,13H2,1-3H3,(H2,20,21,25). The van der Waals surface area contributed by atoms with E-state index in [0.29, 0.717) is 24.9 Å². The fourth-order valence-electron chi connectivity index (χ4n) is 2.26. The quantitative estimate of drug-likeness (QED) is 0.695. The van der Waals surface area contributed by atoms with Gasteiger partial charge in [-0.2, -0.15) is 0 Å². The zero-order valence-electron chi connectivity index (χ0n) is 14.8. The van der Waals surface area contributed by atoms with Gasteiger partial charge in [-0.15, -0.1) is 0 Å². The molecular formula is C19H24N2O3S. The molecule has 0 amide bonds. The molecule has 5 nitrogen and oxygen atoms in total. The molecule has 25 heavy (non-hydrogen) atoms. The van der Waals surface area contributed by atoms with Crippen LogP contribution in [0.15, 0.2) is 42.5 Å². The van der Waals surface area contributed by atoms with Crippen LogP contribution in [0.5, 0.6) is 17.2 Å². The molecule has 0 radical (unpaired) electrons. The van der Waals surface area contributed by atoms with Crippen LogP contribution in [0.2, 0.25) is 0 Å². The maximum absolute atomic E-state index is 5.59. The molecule has 6 heteroatoms. The Morgan fingerprint density at radius 1 is 0.960 bits per heavy atom. The first-order valence-electron chi connectivity index (χ1n) is 8.23. The van der Waals surface area contributed by atoms with E-state index in [1.807, 2.05) is 56.3 Å². The maximum atomic E-state index is 5.59. The summed E-state index contributed by atoms with van der Waals surface area (Å²) in [5.41, 5.74) is 1.96. The van der Waals surface area contributed by atoms with E-state index in [-0.39, 0.29) is 0 Å². The first-order valence-corrected chi connectivity index (χ1v) is 8.64. The van der Waals surface area contributed by atoms with Gasteiger partial charge in [-0.3, -0.25) is 0 Å². The van der Waals surface area contributed by atoms with Crippen LogP contribution in [0.4, 0.5) is 5.69 Å². The predicted octanol–water partition coefficient (Wildman–Crippen LogP) is 3.98. The lowest BCUT2D eigenvalue weighted by atomic mass is 10.2. The van der Waals surface area contributed by atoms with Gasteiger partial charge in [0.1, 0.15) is 5.75 Å². The van der Waals surface area contributed by atoms with E-state index in [4.69, 9.17) is 26.4 Å². The second-order valence-corrected chi connectivity index (χ2v) is 5.59. The summed E-state index contributed by atoms with van der Waals surface area (Å²) in [7, 11) is 1.63. The number of rotatable bonds is 8. The summed E-state index contributed by atoms with van der Waals surface area (Å²) >= 11 is 5.34. The second kappa shape index (κ2) is 9.74. The summed E-state index contributed by atoms with van der Waals surface area (Å²) in [6.07, 6.45) is 0. The highest BCUT2D eigenvalue weighted by atomic mass is 32.1. The Morgan fingerprint density at radius 3 is 2.32 bits per heavy atom. The van der Waals surface area contributed by atoms with Gasteiger partial charge < -0.3 is 24.8 Å². The summed E-state index contributed by atoms with van der Waals surface area (Å²) in [6.45, 7) is 5.73. The molecule has 0 fully saturated rings. The molecule has 0 saturated carbocycles. The van der Waals surface area contributed by atoms with E-state index in [9.17, 15) is 0 Å². The average Bonchev–Trinajstić information content (AvgIpc) is 2.62. The van der Waals surface area contributed by atoms with Crippen molar-refractivity contribution in [1.29, 1.82) is 0 Å². The van der Waals surface area contributed by atoms with Crippen molar-refractivity contribution in [1.82, 2.24) is 5.32 Å². The van der Waals surface area contributed by atoms with Gasteiger partial charge in [0.2, 0.25) is 0 Å². The largest absolute Gasteiger partial charge is 0.494 e. The molecule has 2 aromatic rings. The Hall–Kier alpha value is -2.47. The summed E-state index contributed by atoms with van der Waals surface area (Å²) in [6, 6.07) is 13.5. The van der Waals surface area contributed by atoms with E-state index in [0.717, 1.165) is 28.5 Å². The van der Waals surface area contributed by atoms with Crippen LogP contribution in [-0.2, 0) is 6.54 Å². The van der Waals surface area contributed by atoms with Gasteiger partial charge in [-0.1, -0.05) is 6.07 Å². The number of hydrogen-bond donors (Lipinski definition) is 2. The molecule has 0 unspecified atom stereocenters.